The van der Waals surface area contributed by atoms with Gasteiger partial charge in [-0.05, 0) is 6.42 Å². The molecule has 1 rings (SSSR count). The Balaban J connectivity index is 2.36. The lowest BCUT2D eigenvalue weighted by Gasteiger charge is -2.04. The topological polar surface area (TPSA) is 52.6 Å². The minimum atomic E-state index is -0.670. The van der Waals surface area contributed by atoms with E-state index in [9.17, 15) is 9.59 Å². The second-order valence-electron chi connectivity index (χ2n) is 2.68. The highest BCUT2D eigenvalue weighted by Gasteiger charge is 2.34. The molecule has 1 aliphatic rings. The Labute approximate surface area is 70.8 Å². The number of hydrogen-bond donors (Lipinski definition) is 0. The zero-order valence-corrected chi connectivity index (χ0v) is 7.04. The van der Waals surface area contributed by atoms with Crippen LogP contribution in [0.5, 0.6) is 0 Å². The van der Waals surface area contributed by atoms with Gasteiger partial charge in [-0.3, -0.25) is 9.59 Å². The summed E-state index contributed by atoms with van der Waals surface area (Å²) in [4.78, 5) is 21.9. The molecule has 0 N–H and O–H groups in total. The highest BCUT2D eigenvalue weighted by molar-refractivity contribution is 5.95. The summed E-state index contributed by atoms with van der Waals surface area (Å²) in [6.45, 7) is 2.62. The summed E-state index contributed by atoms with van der Waals surface area (Å²) in [5, 5.41) is 0. The van der Waals surface area contributed by atoms with E-state index in [-0.39, 0.29) is 0 Å². The van der Waals surface area contributed by atoms with Crippen molar-refractivity contribution in [2.45, 2.75) is 19.8 Å². The standard InChI is InChI=1S/C8H12O4/c1-2-4-11-7(9)6-3-5-12-8(6)10/h6H,2-5H2,1H3/t6-/m0/s1. The molecule has 0 spiro atoms. The summed E-state index contributed by atoms with van der Waals surface area (Å²) >= 11 is 0. The van der Waals surface area contributed by atoms with Gasteiger partial charge in [-0.1, -0.05) is 6.92 Å². The van der Waals surface area contributed by atoms with Crippen molar-refractivity contribution >= 4 is 11.9 Å². The first-order valence-corrected chi connectivity index (χ1v) is 4.09. The predicted molar refractivity (Wildman–Crippen MR) is 40.3 cm³/mol. The molecule has 4 nitrogen and oxygen atoms in total. The van der Waals surface area contributed by atoms with Crippen LogP contribution in [-0.2, 0) is 19.1 Å². The summed E-state index contributed by atoms with van der Waals surface area (Å²) in [7, 11) is 0. The van der Waals surface area contributed by atoms with Gasteiger partial charge in [0, 0.05) is 6.42 Å². The van der Waals surface area contributed by atoms with Gasteiger partial charge in [-0.25, -0.2) is 0 Å². The summed E-state index contributed by atoms with van der Waals surface area (Å²) in [6.07, 6.45) is 1.23. The van der Waals surface area contributed by atoms with Crippen molar-refractivity contribution in [3.63, 3.8) is 0 Å². The Kier molecular flexibility index (Phi) is 3.08. The lowest BCUT2D eigenvalue weighted by Crippen LogP contribution is -2.22. The molecule has 0 radical (unpaired) electrons. The molecule has 4 heteroatoms. The maximum atomic E-state index is 11.1. The van der Waals surface area contributed by atoms with Crippen molar-refractivity contribution in [2.24, 2.45) is 5.92 Å². The minimum absolute atomic E-state index is 0.338. The minimum Gasteiger partial charge on any atom is -0.465 e. The number of carbonyl (C=O) groups excluding carboxylic acids is 2. The SMILES string of the molecule is CCCOC(=O)[C@@H]1CCOC1=O. The monoisotopic (exact) mass is 172 g/mol. The maximum absolute atomic E-state index is 11.1. The third-order valence-electron chi connectivity index (χ3n) is 1.67. The molecule has 0 aromatic carbocycles. The molecule has 0 amide bonds. The Morgan fingerprint density at radius 1 is 1.75 bits per heavy atom. The van der Waals surface area contributed by atoms with Crippen LogP contribution in [0, 0.1) is 5.92 Å². The summed E-state index contributed by atoms with van der Waals surface area (Å²) in [6, 6.07) is 0. The molecule has 12 heavy (non-hydrogen) atoms. The molecule has 0 aliphatic carbocycles. The average molecular weight is 172 g/mol. The average Bonchev–Trinajstić information content (AvgIpc) is 2.47. The third-order valence-corrected chi connectivity index (χ3v) is 1.67. The van der Waals surface area contributed by atoms with Crippen molar-refractivity contribution < 1.29 is 19.1 Å². The molecule has 1 aliphatic heterocycles. The zero-order chi connectivity index (χ0) is 8.97. The van der Waals surface area contributed by atoms with Crippen molar-refractivity contribution in [1.29, 1.82) is 0 Å². The highest BCUT2D eigenvalue weighted by Crippen LogP contribution is 2.15. The largest absolute Gasteiger partial charge is 0.465 e. The highest BCUT2D eigenvalue weighted by atomic mass is 16.6. The van der Waals surface area contributed by atoms with E-state index in [1.807, 2.05) is 6.92 Å². The Morgan fingerprint density at radius 2 is 2.50 bits per heavy atom. The van der Waals surface area contributed by atoms with Gasteiger partial charge in [0.25, 0.3) is 0 Å². The lowest BCUT2D eigenvalue weighted by atomic mass is 10.1. The zero-order valence-electron chi connectivity index (χ0n) is 7.04. The Hall–Kier alpha value is -1.06. The van der Waals surface area contributed by atoms with Crippen LogP contribution in [0.3, 0.4) is 0 Å². The molecule has 1 heterocycles. The van der Waals surface area contributed by atoms with Crippen molar-refractivity contribution in [3.05, 3.63) is 0 Å². The van der Waals surface area contributed by atoms with Crippen LogP contribution in [0.25, 0.3) is 0 Å². The molecule has 0 aromatic rings. The fraction of sp³-hybridized carbons (Fsp3) is 0.750. The van der Waals surface area contributed by atoms with E-state index in [0.29, 0.717) is 19.6 Å². The molecule has 68 valence electrons. The van der Waals surface area contributed by atoms with E-state index in [2.05, 4.69) is 4.74 Å². The van der Waals surface area contributed by atoms with Crippen LogP contribution in [0.4, 0.5) is 0 Å². The number of hydrogen-bond acceptors (Lipinski definition) is 4. The lowest BCUT2D eigenvalue weighted by molar-refractivity contribution is -0.155. The fourth-order valence-electron chi connectivity index (χ4n) is 1.01. The van der Waals surface area contributed by atoms with Gasteiger partial charge in [0.15, 0.2) is 5.92 Å². The number of esters is 2. The van der Waals surface area contributed by atoms with Crippen LogP contribution in [0.2, 0.25) is 0 Å². The van der Waals surface area contributed by atoms with Gasteiger partial charge in [0.1, 0.15) is 0 Å². The van der Waals surface area contributed by atoms with E-state index in [0.717, 1.165) is 6.42 Å². The summed E-state index contributed by atoms with van der Waals surface area (Å²) in [5.41, 5.74) is 0. The maximum Gasteiger partial charge on any atom is 0.320 e. The molecule has 1 atom stereocenters. The number of carbonyl (C=O) groups is 2. The van der Waals surface area contributed by atoms with E-state index in [1.165, 1.54) is 0 Å². The summed E-state index contributed by atoms with van der Waals surface area (Å²) in [5.74, 6) is -1.56. The molecule has 0 aromatic heterocycles. The number of ether oxygens (including phenoxy) is 2. The molecular weight excluding hydrogens is 160 g/mol. The Morgan fingerprint density at radius 3 is 3.00 bits per heavy atom. The van der Waals surface area contributed by atoms with Crippen molar-refractivity contribution in [2.75, 3.05) is 13.2 Å². The Bertz CT molecular complexity index is 187. The van der Waals surface area contributed by atoms with Crippen LogP contribution >= 0.6 is 0 Å². The quantitative estimate of drug-likeness (QED) is 0.459. The van der Waals surface area contributed by atoms with E-state index < -0.39 is 17.9 Å². The van der Waals surface area contributed by atoms with Gasteiger partial charge < -0.3 is 9.47 Å². The van der Waals surface area contributed by atoms with Crippen molar-refractivity contribution in [3.8, 4) is 0 Å². The fourth-order valence-corrected chi connectivity index (χ4v) is 1.01. The van der Waals surface area contributed by atoms with E-state index in [1.54, 1.807) is 0 Å². The van der Waals surface area contributed by atoms with Gasteiger partial charge in [-0.15, -0.1) is 0 Å². The second-order valence-corrected chi connectivity index (χ2v) is 2.68. The summed E-state index contributed by atoms with van der Waals surface area (Å²) < 4.78 is 9.43. The third kappa shape index (κ3) is 1.96. The van der Waals surface area contributed by atoms with Crippen LogP contribution in [-0.4, -0.2) is 25.2 Å². The van der Waals surface area contributed by atoms with Crippen LogP contribution in [0.15, 0.2) is 0 Å². The van der Waals surface area contributed by atoms with Gasteiger partial charge in [0.2, 0.25) is 0 Å². The normalized spacial score (nSPS) is 22.1. The van der Waals surface area contributed by atoms with Crippen molar-refractivity contribution in [1.82, 2.24) is 0 Å². The first-order chi connectivity index (χ1) is 5.75. The number of cyclic esters (lactones) is 1. The molecule has 1 fully saturated rings. The molecular formula is C8H12O4. The van der Waals surface area contributed by atoms with Gasteiger partial charge in [-0.2, -0.15) is 0 Å². The van der Waals surface area contributed by atoms with Crippen LogP contribution < -0.4 is 0 Å². The smallest absolute Gasteiger partial charge is 0.320 e. The van der Waals surface area contributed by atoms with E-state index >= 15 is 0 Å². The second kappa shape index (κ2) is 4.09. The predicted octanol–water partition coefficient (Wildman–Crippen LogP) is 0.503. The van der Waals surface area contributed by atoms with Crippen LogP contribution in [0.1, 0.15) is 19.8 Å². The first kappa shape index (κ1) is 9.03. The van der Waals surface area contributed by atoms with Gasteiger partial charge in [0.05, 0.1) is 13.2 Å². The number of rotatable bonds is 3. The first-order valence-electron chi connectivity index (χ1n) is 4.09. The molecule has 0 bridgehead atoms. The molecule has 1 saturated heterocycles. The van der Waals surface area contributed by atoms with E-state index in [4.69, 9.17) is 4.74 Å². The van der Waals surface area contributed by atoms with Gasteiger partial charge >= 0.3 is 11.9 Å². The molecule has 0 saturated carbocycles. The molecule has 0 unspecified atom stereocenters.